The Morgan fingerprint density at radius 2 is 1.85 bits per heavy atom. The summed E-state index contributed by atoms with van der Waals surface area (Å²) >= 11 is 6.06. The van der Waals surface area contributed by atoms with Crippen LogP contribution in [0, 0.1) is 5.92 Å². The second-order valence-corrected chi connectivity index (χ2v) is 9.49. The lowest BCUT2D eigenvalue weighted by Crippen LogP contribution is -2.39. The molecule has 0 unspecified atom stereocenters. The maximum absolute atomic E-state index is 13.3. The minimum Gasteiger partial charge on any atom is -0.489 e. The average Bonchev–Trinajstić information content (AvgIpc) is 2.95. The van der Waals surface area contributed by atoms with Gasteiger partial charge in [-0.15, -0.1) is 0 Å². The van der Waals surface area contributed by atoms with Crippen LogP contribution in [0.25, 0.3) is 0 Å². The molecular weight excluding hydrogens is 456 g/mol. The molecule has 0 aliphatic heterocycles. The number of para-hydroxylation sites is 2. The van der Waals surface area contributed by atoms with Crippen molar-refractivity contribution in [1.82, 2.24) is 4.90 Å². The van der Waals surface area contributed by atoms with Gasteiger partial charge in [0.2, 0.25) is 5.91 Å². The Morgan fingerprint density at radius 1 is 1.12 bits per heavy atom. The van der Waals surface area contributed by atoms with Crippen LogP contribution < -0.4 is 10.1 Å². The van der Waals surface area contributed by atoms with Crippen molar-refractivity contribution < 1.29 is 24.5 Å². The number of aliphatic carboxylic acids is 1. The van der Waals surface area contributed by atoms with E-state index < -0.39 is 12.1 Å². The van der Waals surface area contributed by atoms with E-state index in [1.165, 1.54) is 4.90 Å². The van der Waals surface area contributed by atoms with Crippen molar-refractivity contribution in [3.63, 3.8) is 0 Å². The van der Waals surface area contributed by atoms with Crippen LogP contribution in [-0.2, 0) is 16.1 Å². The third kappa shape index (κ3) is 7.37. The maximum Gasteiger partial charge on any atom is 0.323 e. The zero-order chi connectivity index (χ0) is 24.7. The molecule has 1 saturated carbocycles. The van der Waals surface area contributed by atoms with E-state index in [0.717, 1.165) is 17.0 Å². The van der Waals surface area contributed by atoms with Gasteiger partial charge in [-0.25, -0.2) is 0 Å². The van der Waals surface area contributed by atoms with Gasteiger partial charge in [0.1, 0.15) is 12.3 Å². The number of nitrogens with one attached hydrogen (secondary N) is 1. The van der Waals surface area contributed by atoms with E-state index >= 15 is 0 Å². The standard InChI is InChI=1S/C26H33ClN2O5/c1-17(2)34-24-9-4-3-8-22(24)28-21-12-10-19(11-13-23(21)30)26(33)29(16-25(31)32)15-18-6-5-7-20(27)14-18/h3-9,14,17,19,21,23,28,30H,10-13,15-16H2,1-2H3,(H,31,32)/t19-,21+,23+/m1/s1. The Labute approximate surface area is 205 Å². The van der Waals surface area contributed by atoms with Crippen LogP contribution in [0.3, 0.4) is 0 Å². The zero-order valence-electron chi connectivity index (χ0n) is 19.6. The Hall–Kier alpha value is -2.77. The number of hydrogen-bond acceptors (Lipinski definition) is 5. The lowest BCUT2D eigenvalue weighted by atomic mass is 9.98. The molecule has 34 heavy (non-hydrogen) atoms. The van der Waals surface area contributed by atoms with Crippen LogP contribution in [0.4, 0.5) is 5.69 Å². The lowest BCUT2D eigenvalue weighted by molar-refractivity contribution is -0.147. The second-order valence-electron chi connectivity index (χ2n) is 9.05. The third-order valence-electron chi connectivity index (χ3n) is 5.94. The quantitative estimate of drug-likeness (QED) is 0.447. The van der Waals surface area contributed by atoms with Crippen LogP contribution in [0.1, 0.15) is 45.1 Å². The summed E-state index contributed by atoms with van der Waals surface area (Å²) in [7, 11) is 0. The molecule has 8 heteroatoms. The number of aliphatic hydroxyl groups excluding tert-OH is 1. The first-order valence-corrected chi connectivity index (χ1v) is 12.1. The fraction of sp³-hybridized carbons (Fsp3) is 0.462. The average molecular weight is 489 g/mol. The first-order chi connectivity index (χ1) is 16.2. The smallest absolute Gasteiger partial charge is 0.323 e. The molecule has 3 rings (SSSR count). The highest BCUT2D eigenvalue weighted by atomic mass is 35.5. The summed E-state index contributed by atoms with van der Waals surface area (Å²) in [5, 5.41) is 24.1. The summed E-state index contributed by atoms with van der Waals surface area (Å²) in [6.07, 6.45) is 1.44. The number of carboxylic acid groups (broad SMARTS) is 1. The van der Waals surface area contributed by atoms with Crippen LogP contribution in [0.5, 0.6) is 5.75 Å². The Kier molecular flexibility index (Phi) is 9.19. The van der Waals surface area contributed by atoms with Gasteiger partial charge in [-0.05, 0) is 69.4 Å². The number of aliphatic hydroxyl groups is 1. The monoisotopic (exact) mass is 488 g/mol. The van der Waals surface area contributed by atoms with E-state index in [4.69, 9.17) is 16.3 Å². The Morgan fingerprint density at radius 3 is 2.56 bits per heavy atom. The number of anilines is 1. The predicted octanol–water partition coefficient (Wildman–Crippen LogP) is 4.57. The number of benzene rings is 2. The van der Waals surface area contributed by atoms with Crippen molar-refractivity contribution in [2.75, 3.05) is 11.9 Å². The van der Waals surface area contributed by atoms with Gasteiger partial charge in [-0.3, -0.25) is 9.59 Å². The van der Waals surface area contributed by atoms with Crippen molar-refractivity contribution >= 4 is 29.2 Å². The van der Waals surface area contributed by atoms with Crippen molar-refractivity contribution in [3.05, 3.63) is 59.1 Å². The number of carboxylic acids is 1. The summed E-state index contributed by atoms with van der Waals surface area (Å²) in [6, 6.07) is 14.4. The Bertz CT molecular complexity index is 983. The molecule has 1 aliphatic rings. The Balaban J connectivity index is 1.69. The molecule has 7 nitrogen and oxygen atoms in total. The van der Waals surface area contributed by atoms with Gasteiger partial charge in [-0.1, -0.05) is 35.9 Å². The number of rotatable bonds is 9. The maximum atomic E-state index is 13.3. The first-order valence-electron chi connectivity index (χ1n) is 11.7. The van der Waals surface area contributed by atoms with Crippen molar-refractivity contribution in [3.8, 4) is 5.75 Å². The van der Waals surface area contributed by atoms with Crippen LogP contribution >= 0.6 is 11.6 Å². The molecule has 2 aromatic carbocycles. The topological polar surface area (TPSA) is 99.1 Å². The summed E-state index contributed by atoms with van der Waals surface area (Å²) in [6.45, 7) is 3.71. The first kappa shape index (κ1) is 25.8. The molecule has 0 radical (unpaired) electrons. The molecule has 3 atom stereocenters. The summed E-state index contributed by atoms with van der Waals surface area (Å²) < 4.78 is 5.88. The van der Waals surface area contributed by atoms with Crippen molar-refractivity contribution in [2.45, 2.75) is 64.3 Å². The van der Waals surface area contributed by atoms with E-state index in [9.17, 15) is 19.8 Å². The highest BCUT2D eigenvalue weighted by Crippen LogP contribution is 2.31. The minimum atomic E-state index is -1.06. The molecule has 0 heterocycles. The van der Waals surface area contributed by atoms with Gasteiger partial charge in [0.05, 0.1) is 23.9 Å². The van der Waals surface area contributed by atoms with Gasteiger partial charge in [0.25, 0.3) is 0 Å². The molecule has 1 amide bonds. The number of carbonyl (C=O) groups excluding carboxylic acids is 1. The molecule has 0 bridgehead atoms. The van der Waals surface area contributed by atoms with Gasteiger partial charge < -0.3 is 25.2 Å². The summed E-state index contributed by atoms with van der Waals surface area (Å²) in [5.74, 6) is -0.915. The number of nitrogens with zero attached hydrogens (tertiary/aromatic N) is 1. The molecule has 1 aliphatic carbocycles. The molecule has 184 valence electrons. The number of amides is 1. The summed E-state index contributed by atoms with van der Waals surface area (Å²) in [4.78, 5) is 26.2. The SMILES string of the molecule is CC(C)Oc1ccccc1N[C@H]1CC[C@@H](C(=O)N(CC(=O)O)Cc2cccc(Cl)c2)CC[C@@H]1O. The van der Waals surface area contributed by atoms with E-state index in [-0.39, 0.29) is 37.1 Å². The van der Waals surface area contributed by atoms with Gasteiger partial charge in [-0.2, -0.15) is 0 Å². The van der Waals surface area contributed by atoms with Crippen LogP contribution in [0.2, 0.25) is 5.02 Å². The van der Waals surface area contributed by atoms with Crippen molar-refractivity contribution in [1.29, 1.82) is 0 Å². The van der Waals surface area contributed by atoms with Gasteiger partial charge in [0, 0.05) is 17.5 Å². The van der Waals surface area contributed by atoms with Crippen molar-refractivity contribution in [2.24, 2.45) is 5.92 Å². The van der Waals surface area contributed by atoms with Crippen LogP contribution in [0.15, 0.2) is 48.5 Å². The molecule has 1 fully saturated rings. The third-order valence-corrected chi connectivity index (χ3v) is 6.18. The highest BCUT2D eigenvalue weighted by molar-refractivity contribution is 6.30. The lowest BCUT2D eigenvalue weighted by Gasteiger charge is -2.26. The zero-order valence-corrected chi connectivity index (χ0v) is 20.4. The molecular formula is C26H33ClN2O5. The molecule has 0 spiro atoms. The second kappa shape index (κ2) is 12.1. The van der Waals surface area contributed by atoms with E-state index in [0.29, 0.717) is 30.7 Å². The fourth-order valence-corrected chi connectivity index (χ4v) is 4.55. The van der Waals surface area contributed by atoms with Gasteiger partial charge >= 0.3 is 5.97 Å². The van der Waals surface area contributed by atoms with E-state index in [1.54, 1.807) is 18.2 Å². The summed E-state index contributed by atoms with van der Waals surface area (Å²) in [5.41, 5.74) is 1.58. The van der Waals surface area contributed by atoms with E-state index in [2.05, 4.69) is 5.32 Å². The molecule has 3 N–H and O–H groups in total. The fourth-order valence-electron chi connectivity index (χ4n) is 4.34. The number of carbonyl (C=O) groups is 2. The predicted molar refractivity (Wildman–Crippen MR) is 132 cm³/mol. The normalized spacial score (nSPS) is 20.4. The molecule has 0 saturated heterocycles. The highest BCUT2D eigenvalue weighted by Gasteiger charge is 2.32. The number of hydrogen-bond donors (Lipinski definition) is 3. The van der Waals surface area contributed by atoms with Gasteiger partial charge in [0.15, 0.2) is 0 Å². The minimum absolute atomic E-state index is 0.0173. The molecule has 2 aromatic rings. The largest absolute Gasteiger partial charge is 0.489 e. The van der Waals surface area contributed by atoms with E-state index in [1.807, 2.05) is 44.2 Å². The molecule has 0 aromatic heterocycles. The van der Waals surface area contributed by atoms with Crippen LogP contribution in [-0.4, -0.2) is 51.8 Å². The number of halogens is 1. The number of ether oxygens (including phenoxy) is 1.